The summed E-state index contributed by atoms with van der Waals surface area (Å²) in [6.45, 7) is 4.65. The van der Waals surface area contributed by atoms with Crippen molar-refractivity contribution in [3.63, 3.8) is 0 Å². The smallest absolute Gasteiger partial charge is 0.336 e. The molecule has 0 unspecified atom stereocenters. The Bertz CT molecular complexity index is 497. The normalized spacial score (nSPS) is 14.5. The summed E-state index contributed by atoms with van der Waals surface area (Å²) in [4.78, 5) is 29.0. The minimum absolute atomic E-state index is 0.0563. The molecule has 5 nitrogen and oxygen atoms in total. The number of carbonyl (C=O) groups excluding carboxylic acids is 1. The molecular formula is C13H16N2O3. The molecule has 2 rings (SSSR count). The van der Waals surface area contributed by atoms with E-state index in [0.29, 0.717) is 25.1 Å². The molecule has 2 heterocycles. The van der Waals surface area contributed by atoms with Gasteiger partial charge >= 0.3 is 5.97 Å². The zero-order chi connectivity index (χ0) is 13.3. The molecule has 18 heavy (non-hydrogen) atoms. The van der Waals surface area contributed by atoms with Crippen LogP contribution in [0.5, 0.6) is 0 Å². The van der Waals surface area contributed by atoms with Gasteiger partial charge in [0.15, 0.2) is 0 Å². The monoisotopic (exact) mass is 248 g/mol. The van der Waals surface area contributed by atoms with Crippen molar-refractivity contribution in [3.05, 3.63) is 29.1 Å². The first-order valence-electron chi connectivity index (χ1n) is 5.99. The number of carbonyl (C=O) groups is 2. The van der Waals surface area contributed by atoms with Gasteiger partial charge in [0.05, 0.1) is 5.56 Å². The Morgan fingerprint density at radius 1 is 1.44 bits per heavy atom. The molecule has 0 atom stereocenters. The summed E-state index contributed by atoms with van der Waals surface area (Å²) in [6, 6.07) is 1.49. The Morgan fingerprint density at radius 2 is 2.17 bits per heavy atom. The third-order valence-corrected chi connectivity index (χ3v) is 3.15. The molecule has 1 aliphatic heterocycles. The van der Waals surface area contributed by atoms with E-state index >= 15 is 0 Å². The molecule has 0 saturated carbocycles. The second-order valence-corrected chi connectivity index (χ2v) is 4.75. The van der Waals surface area contributed by atoms with Gasteiger partial charge in [-0.25, -0.2) is 4.79 Å². The van der Waals surface area contributed by atoms with E-state index in [1.165, 1.54) is 12.3 Å². The number of carboxylic acids is 1. The lowest BCUT2D eigenvalue weighted by molar-refractivity contribution is -0.135. The third-order valence-electron chi connectivity index (χ3n) is 3.15. The second-order valence-electron chi connectivity index (χ2n) is 4.75. The molecule has 0 fully saturated rings. The second kappa shape index (κ2) is 4.76. The van der Waals surface area contributed by atoms with Gasteiger partial charge in [-0.3, -0.25) is 9.78 Å². The van der Waals surface area contributed by atoms with E-state index in [1.54, 1.807) is 4.90 Å². The van der Waals surface area contributed by atoms with Crippen molar-refractivity contribution in [1.29, 1.82) is 0 Å². The number of pyridine rings is 1. The van der Waals surface area contributed by atoms with E-state index in [2.05, 4.69) is 4.98 Å². The SMILES string of the molecule is CC(C)C(=O)N1CCc2nccc(C(=O)O)c2C1. The van der Waals surface area contributed by atoms with Crippen LogP contribution >= 0.6 is 0 Å². The minimum Gasteiger partial charge on any atom is -0.478 e. The Kier molecular flexibility index (Phi) is 3.32. The molecule has 0 bridgehead atoms. The highest BCUT2D eigenvalue weighted by Gasteiger charge is 2.26. The van der Waals surface area contributed by atoms with Crippen molar-refractivity contribution in [1.82, 2.24) is 9.88 Å². The number of aromatic carboxylic acids is 1. The van der Waals surface area contributed by atoms with E-state index < -0.39 is 5.97 Å². The lowest BCUT2D eigenvalue weighted by Gasteiger charge is -2.30. The molecule has 5 heteroatoms. The Balaban J connectivity index is 2.33. The van der Waals surface area contributed by atoms with Crippen LogP contribution in [0, 0.1) is 5.92 Å². The number of nitrogens with zero attached hydrogens (tertiary/aromatic N) is 2. The highest BCUT2D eigenvalue weighted by atomic mass is 16.4. The maximum Gasteiger partial charge on any atom is 0.336 e. The highest BCUT2D eigenvalue weighted by molar-refractivity contribution is 5.90. The third kappa shape index (κ3) is 2.20. The number of hydrogen-bond acceptors (Lipinski definition) is 3. The van der Waals surface area contributed by atoms with Crippen LogP contribution in [0.2, 0.25) is 0 Å². The molecule has 0 aromatic carbocycles. The zero-order valence-electron chi connectivity index (χ0n) is 10.5. The first kappa shape index (κ1) is 12.5. The van der Waals surface area contributed by atoms with Crippen molar-refractivity contribution in [2.45, 2.75) is 26.8 Å². The lowest BCUT2D eigenvalue weighted by atomic mass is 9.99. The van der Waals surface area contributed by atoms with Crippen LogP contribution in [0.25, 0.3) is 0 Å². The number of aromatic nitrogens is 1. The summed E-state index contributed by atoms with van der Waals surface area (Å²) < 4.78 is 0. The van der Waals surface area contributed by atoms with Gasteiger partial charge < -0.3 is 10.0 Å². The predicted octanol–water partition coefficient (Wildman–Crippen LogP) is 1.32. The molecule has 1 N–H and O–H groups in total. The summed E-state index contributed by atoms with van der Waals surface area (Å²) in [5.41, 5.74) is 1.72. The van der Waals surface area contributed by atoms with Crippen molar-refractivity contribution in [2.24, 2.45) is 5.92 Å². The maximum absolute atomic E-state index is 11.9. The van der Waals surface area contributed by atoms with E-state index in [-0.39, 0.29) is 17.4 Å². The molecular weight excluding hydrogens is 232 g/mol. The number of rotatable bonds is 2. The summed E-state index contributed by atoms with van der Waals surface area (Å²) in [6.07, 6.45) is 2.14. The van der Waals surface area contributed by atoms with Crippen LogP contribution < -0.4 is 0 Å². The zero-order valence-corrected chi connectivity index (χ0v) is 10.5. The molecule has 1 aromatic heterocycles. The van der Waals surface area contributed by atoms with Crippen LogP contribution in [0.15, 0.2) is 12.3 Å². The van der Waals surface area contributed by atoms with Gasteiger partial charge in [-0.1, -0.05) is 13.8 Å². The number of amides is 1. The standard InChI is InChI=1S/C13H16N2O3/c1-8(2)12(16)15-6-4-11-10(7-15)9(13(17)18)3-5-14-11/h3,5,8H,4,6-7H2,1-2H3,(H,17,18). The fourth-order valence-corrected chi connectivity index (χ4v) is 2.19. The highest BCUT2D eigenvalue weighted by Crippen LogP contribution is 2.22. The van der Waals surface area contributed by atoms with Crippen molar-refractivity contribution in [3.8, 4) is 0 Å². The van der Waals surface area contributed by atoms with Crippen molar-refractivity contribution >= 4 is 11.9 Å². The van der Waals surface area contributed by atoms with Crippen LogP contribution in [0.1, 0.15) is 35.5 Å². The molecule has 0 saturated heterocycles. The van der Waals surface area contributed by atoms with Gasteiger partial charge in [0, 0.05) is 42.9 Å². The number of fused-ring (bicyclic) bond motifs is 1. The van der Waals surface area contributed by atoms with Gasteiger partial charge in [-0.05, 0) is 6.07 Å². The van der Waals surface area contributed by atoms with E-state index in [9.17, 15) is 9.59 Å². The lowest BCUT2D eigenvalue weighted by Crippen LogP contribution is -2.39. The predicted molar refractivity (Wildman–Crippen MR) is 65.2 cm³/mol. The fraction of sp³-hybridized carbons (Fsp3) is 0.462. The first-order valence-corrected chi connectivity index (χ1v) is 5.99. The maximum atomic E-state index is 11.9. The molecule has 0 spiro atoms. The largest absolute Gasteiger partial charge is 0.478 e. The Morgan fingerprint density at radius 3 is 2.78 bits per heavy atom. The van der Waals surface area contributed by atoms with Crippen molar-refractivity contribution in [2.75, 3.05) is 6.54 Å². The molecule has 1 amide bonds. The molecule has 1 aliphatic rings. The number of hydrogen-bond donors (Lipinski definition) is 1. The van der Waals surface area contributed by atoms with Crippen LogP contribution in [0.4, 0.5) is 0 Å². The summed E-state index contributed by atoms with van der Waals surface area (Å²) in [5, 5.41) is 9.14. The average molecular weight is 248 g/mol. The molecule has 0 aliphatic carbocycles. The van der Waals surface area contributed by atoms with Crippen LogP contribution in [-0.4, -0.2) is 33.4 Å². The molecule has 1 aromatic rings. The number of carboxylic acid groups (broad SMARTS) is 1. The quantitative estimate of drug-likeness (QED) is 0.857. The molecule has 0 radical (unpaired) electrons. The molecule has 96 valence electrons. The summed E-state index contributed by atoms with van der Waals surface area (Å²) in [7, 11) is 0. The fourth-order valence-electron chi connectivity index (χ4n) is 2.19. The van der Waals surface area contributed by atoms with E-state index in [0.717, 1.165) is 5.69 Å². The van der Waals surface area contributed by atoms with Gasteiger partial charge in [0.25, 0.3) is 0 Å². The van der Waals surface area contributed by atoms with E-state index in [1.807, 2.05) is 13.8 Å². The van der Waals surface area contributed by atoms with Gasteiger partial charge in [0.2, 0.25) is 5.91 Å². The van der Waals surface area contributed by atoms with Crippen LogP contribution in [-0.2, 0) is 17.8 Å². The Hall–Kier alpha value is -1.91. The summed E-state index contributed by atoms with van der Waals surface area (Å²) >= 11 is 0. The van der Waals surface area contributed by atoms with Gasteiger partial charge in [-0.2, -0.15) is 0 Å². The topological polar surface area (TPSA) is 70.5 Å². The van der Waals surface area contributed by atoms with Crippen LogP contribution in [0.3, 0.4) is 0 Å². The van der Waals surface area contributed by atoms with Crippen molar-refractivity contribution < 1.29 is 14.7 Å². The first-order chi connectivity index (χ1) is 8.50. The van der Waals surface area contributed by atoms with Gasteiger partial charge in [-0.15, -0.1) is 0 Å². The van der Waals surface area contributed by atoms with Gasteiger partial charge in [0.1, 0.15) is 0 Å². The van der Waals surface area contributed by atoms with E-state index in [4.69, 9.17) is 5.11 Å². The summed E-state index contributed by atoms with van der Waals surface area (Å²) in [5.74, 6) is -0.982. The minimum atomic E-state index is -0.965. The Labute approximate surface area is 105 Å². The average Bonchev–Trinajstić information content (AvgIpc) is 2.36.